The van der Waals surface area contributed by atoms with Crippen LogP contribution in [-0.2, 0) is 9.53 Å². The highest BCUT2D eigenvalue weighted by Crippen LogP contribution is 2.22. The van der Waals surface area contributed by atoms with Crippen LogP contribution >= 0.6 is 0 Å². The Hall–Kier alpha value is -2.15. The zero-order valence-electron chi connectivity index (χ0n) is 12.2. The highest BCUT2D eigenvalue weighted by atomic mass is 16.5. The summed E-state index contributed by atoms with van der Waals surface area (Å²) in [4.78, 5) is 29.7. The third kappa shape index (κ3) is 3.13. The third-order valence-electron chi connectivity index (χ3n) is 3.37. The molecule has 114 valence electrons. The van der Waals surface area contributed by atoms with Crippen LogP contribution in [-0.4, -0.2) is 53.6 Å². The van der Waals surface area contributed by atoms with Crippen LogP contribution < -0.4 is 10.5 Å². The van der Waals surface area contributed by atoms with Crippen molar-refractivity contribution in [2.45, 2.75) is 19.4 Å². The highest BCUT2D eigenvalue weighted by molar-refractivity contribution is 5.97. The van der Waals surface area contributed by atoms with Crippen LogP contribution in [0, 0.1) is 0 Å². The van der Waals surface area contributed by atoms with E-state index in [1.165, 1.54) is 4.90 Å². The average molecular weight is 293 g/mol. The van der Waals surface area contributed by atoms with Gasteiger partial charge in [-0.3, -0.25) is 9.59 Å². The van der Waals surface area contributed by atoms with Gasteiger partial charge >= 0.3 is 0 Å². The summed E-state index contributed by atoms with van der Waals surface area (Å²) in [6.07, 6.45) is 1.56. The summed E-state index contributed by atoms with van der Waals surface area (Å²) in [5.74, 6) is -0.546. The Morgan fingerprint density at radius 2 is 2.33 bits per heavy atom. The number of primary amides is 1. The SMILES string of the molecule is CCOc1ncccc1C(=O)N1CCO[C@@](C)(C(N)=O)C1. The molecule has 2 heterocycles. The van der Waals surface area contributed by atoms with Gasteiger partial charge in [0.15, 0.2) is 5.60 Å². The molecule has 0 unspecified atom stereocenters. The third-order valence-corrected chi connectivity index (χ3v) is 3.37. The van der Waals surface area contributed by atoms with Crippen LogP contribution in [0.4, 0.5) is 0 Å². The maximum atomic E-state index is 12.6. The van der Waals surface area contributed by atoms with Gasteiger partial charge in [0.2, 0.25) is 5.88 Å². The summed E-state index contributed by atoms with van der Waals surface area (Å²) in [7, 11) is 0. The predicted molar refractivity (Wildman–Crippen MR) is 74.9 cm³/mol. The van der Waals surface area contributed by atoms with Crippen LogP contribution in [0.1, 0.15) is 24.2 Å². The molecule has 0 spiro atoms. The highest BCUT2D eigenvalue weighted by Gasteiger charge is 2.39. The van der Waals surface area contributed by atoms with Crippen LogP contribution in [0.2, 0.25) is 0 Å². The van der Waals surface area contributed by atoms with E-state index in [-0.39, 0.29) is 24.9 Å². The topological polar surface area (TPSA) is 94.8 Å². The van der Waals surface area contributed by atoms with Crippen molar-refractivity contribution in [1.82, 2.24) is 9.88 Å². The number of morpholine rings is 1. The Bertz CT molecular complexity index is 549. The van der Waals surface area contributed by atoms with Gasteiger partial charge in [0, 0.05) is 12.7 Å². The molecule has 7 heteroatoms. The van der Waals surface area contributed by atoms with Crippen molar-refractivity contribution in [1.29, 1.82) is 0 Å². The summed E-state index contributed by atoms with van der Waals surface area (Å²) < 4.78 is 10.8. The summed E-state index contributed by atoms with van der Waals surface area (Å²) >= 11 is 0. The molecule has 1 aliphatic heterocycles. The van der Waals surface area contributed by atoms with Gasteiger partial charge in [-0.2, -0.15) is 0 Å². The van der Waals surface area contributed by atoms with Gasteiger partial charge in [-0.1, -0.05) is 0 Å². The van der Waals surface area contributed by atoms with Gasteiger partial charge in [-0.25, -0.2) is 4.98 Å². The molecule has 0 radical (unpaired) electrons. The first kappa shape index (κ1) is 15.2. The van der Waals surface area contributed by atoms with E-state index in [9.17, 15) is 9.59 Å². The molecule has 7 nitrogen and oxygen atoms in total. The fraction of sp³-hybridized carbons (Fsp3) is 0.500. The largest absolute Gasteiger partial charge is 0.477 e. The Kier molecular flexibility index (Phi) is 4.42. The molecule has 1 saturated heterocycles. The normalized spacial score (nSPS) is 21.9. The minimum Gasteiger partial charge on any atom is -0.477 e. The molecule has 2 amide bonds. The van der Waals surface area contributed by atoms with Crippen LogP contribution in [0.5, 0.6) is 5.88 Å². The molecule has 0 aromatic carbocycles. The van der Waals surface area contributed by atoms with E-state index < -0.39 is 11.5 Å². The molecule has 2 rings (SSSR count). The van der Waals surface area contributed by atoms with E-state index in [4.69, 9.17) is 15.2 Å². The number of amides is 2. The number of pyridine rings is 1. The van der Waals surface area contributed by atoms with Gasteiger partial charge in [0.25, 0.3) is 11.8 Å². The molecule has 1 aromatic heterocycles. The van der Waals surface area contributed by atoms with Crippen molar-refractivity contribution in [3.63, 3.8) is 0 Å². The minimum atomic E-state index is -1.16. The first-order valence-electron chi connectivity index (χ1n) is 6.79. The van der Waals surface area contributed by atoms with Crippen LogP contribution in [0.25, 0.3) is 0 Å². The Labute approximate surface area is 123 Å². The van der Waals surface area contributed by atoms with Crippen LogP contribution in [0.15, 0.2) is 18.3 Å². The molecule has 1 atom stereocenters. The lowest BCUT2D eigenvalue weighted by molar-refractivity contribution is -0.150. The lowest BCUT2D eigenvalue weighted by atomic mass is 10.0. The number of ether oxygens (including phenoxy) is 2. The molecule has 21 heavy (non-hydrogen) atoms. The average Bonchev–Trinajstić information content (AvgIpc) is 2.47. The lowest BCUT2D eigenvalue weighted by Gasteiger charge is -2.38. The number of carbonyl (C=O) groups is 2. The Morgan fingerprint density at radius 1 is 1.57 bits per heavy atom. The van der Waals surface area contributed by atoms with Gasteiger partial charge in [0.1, 0.15) is 5.56 Å². The van der Waals surface area contributed by atoms with E-state index in [0.717, 1.165) is 0 Å². The summed E-state index contributed by atoms with van der Waals surface area (Å²) in [5.41, 5.74) is 4.54. The number of nitrogens with two attached hydrogens (primary N) is 1. The zero-order chi connectivity index (χ0) is 15.5. The standard InChI is InChI=1S/C14H19N3O4/c1-3-20-11-10(5-4-6-16-11)12(18)17-7-8-21-14(2,9-17)13(15)19/h4-6H,3,7-9H2,1-2H3,(H2,15,19)/t14-/m1/s1. The van der Waals surface area contributed by atoms with Crippen molar-refractivity contribution >= 4 is 11.8 Å². The second kappa shape index (κ2) is 6.09. The number of rotatable bonds is 4. The van der Waals surface area contributed by atoms with Gasteiger partial charge < -0.3 is 20.1 Å². The first-order chi connectivity index (χ1) is 9.98. The maximum Gasteiger partial charge on any atom is 0.259 e. The van der Waals surface area contributed by atoms with Gasteiger partial charge in [-0.05, 0) is 26.0 Å². The molecular weight excluding hydrogens is 274 g/mol. The molecule has 1 aromatic rings. The van der Waals surface area contributed by atoms with Crippen molar-refractivity contribution in [2.24, 2.45) is 5.73 Å². The minimum absolute atomic E-state index is 0.113. The molecule has 1 aliphatic rings. The Balaban J connectivity index is 2.22. The summed E-state index contributed by atoms with van der Waals surface area (Å²) in [6.45, 7) is 4.59. The number of aromatic nitrogens is 1. The fourth-order valence-corrected chi connectivity index (χ4v) is 2.17. The van der Waals surface area contributed by atoms with Gasteiger partial charge in [0.05, 0.1) is 19.8 Å². The number of carbonyl (C=O) groups excluding carboxylic acids is 2. The zero-order valence-corrected chi connectivity index (χ0v) is 12.2. The fourth-order valence-electron chi connectivity index (χ4n) is 2.17. The van der Waals surface area contributed by atoms with E-state index in [2.05, 4.69) is 4.98 Å². The summed E-state index contributed by atoms with van der Waals surface area (Å²) in [6, 6.07) is 3.32. The molecule has 0 bridgehead atoms. The number of hydrogen-bond acceptors (Lipinski definition) is 5. The van der Waals surface area contributed by atoms with Crippen molar-refractivity contribution in [3.05, 3.63) is 23.9 Å². The van der Waals surface area contributed by atoms with E-state index in [1.54, 1.807) is 25.3 Å². The maximum absolute atomic E-state index is 12.6. The van der Waals surface area contributed by atoms with Gasteiger partial charge in [-0.15, -0.1) is 0 Å². The van der Waals surface area contributed by atoms with Crippen molar-refractivity contribution in [2.75, 3.05) is 26.3 Å². The van der Waals surface area contributed by atoms with Crippen molar-refractivity contribution < 1.29 is 19.1 Å². The monoisotopic (exact) mass is 293 g/mol. The van der Waals surface area contributed by atoms with E-state index >= 15 is 0 Å². The second-order valence-electron chi connectivity index (χ2n) is 4.96. The molecule has 0 saturated carbocycles. The van der Waals surface area contributed by atoms with E-state index in [0.29, 0.717) is 18.7 Å². The van der Waals surface area contributed by atoms with Crippen molar-refractivity contribution in [3.8, 4) is 5.88 Å². The number of nitrogens with zero attached hydrogens (tertiary/aromatic N) is 2. The quantitative estimate of drug-likeness (QED) is 0.855. The Morgan fingerprint density at radius 3 is 3.00 bits per heavy atom. The smallest absolute Gasteiger partial charge is 0.259 e. The molecule has 2 N–H and O–H groups in total. The second-order valence-corrected chi connectivity index (χ2v) is 4.96. The summed E-state index contributed by atoms with van der Waals surface area (Å²) in [5, 5.41) is 0. The molecular formula is C14H19N3O4. The number of hydrogen-bond donors (Lipinski definition) is 1. The van der Waals surface area contributed by atoms with E-state index in [1.807, 2.05) is 6.92 Å². The first-order valence-corrected chi connectivity index (χ1v) is 6.79. The van der Waals surface area contributed by atoms with Crippen LogP contribution in [0.3, 0.4) is 0 Å². The molecule has 0 aliphatic carbocycles. The predicted octanol–water partition coefficient (Wildman–Crippen LogP) is 0.197. The molecule has 1 fully saturated rings. The lowest BCUT2D eigenvalue weighted by Crippen LogP contribution is -2.58.